The van der Waals surface area contributed by atoms with Crippen molar-refractivity contribution in [3.05, 3.63) is 33.9 Å². The van der Waals surface area contributed by atoms with Crippen LogP contribution in [-0.2, 0) is 0 Å². The van der Waals surface area contributed by atoms with E-state index in [1.54, 1.807) is 0 Å². The van der Waals surface area contributed by atoms with Crippen molar-refractivity contribution < 1.29 is 14.8 Å². The first-order chi connectivity index (χ1) is 9.49. The lowest BCUT2D eigenvalue weighted by Gasteiger charge is -2.20. The Kier molecular flexibility index (Phi) is 4.19. The Bertz CT molecular complexity index is 532. The van der Waals surface area contributed by atoms with E-state index in [1.807, 2.05) is 7.05 Å². The maximum atomic E-state index is 11.1. The number of anilines is 1. The zero-order valence-electron chi connectivity index (χ0n) is 11.2. The highest BCUT2D eigenvalue weighted by molar-refractivity contribution is 5.94. The maximum absolute atomic E-state index is 11.1. The largest absolute Gasteiger partial charge is 0.478 e. The van der Waals surface area contributed by atoms with Crippen molar-refractivity contribution in [1.29, 1.82) is 0 Å². The van der Waals surface area contributed by atoms with E-state index >= 15 is 0 Å². The van der Waals surface area contributed by atoms with Crippen LogP contribution in [-0.4, -0.2) is 47.1 Å². The second-order valence-corrected chi connectivity index (χ2v) is 4.95. The monoisotopic (exact) mass is 279 g/mol. The zero-order valence-corrected chi connectivity index (χ0v) is 11.2. The smallest absolute Gasteiger partial charge is 0.337 e. The summed E-state index contributed by atoms with van der Waals surface area (Å²) in [5.74, 6) is -1.10. The molecule has 1 aliphatic rings. The molecular formula is C13H17N3O4. The molecule has 7 nitrogen and oxygen atoms in total. The van der Waals surface area contributed by atoms with Crippen LogP contribution in [0.15, 0.2) is 18.2 Å². The molecule has 0 amide bonds. The highest BCUT2D eigenvalue weighted by Gasteiger charge is 2.22. The van der Waals surface area contributed by atoms with Crippen LogP contribution in [0, 0.1) is 10.1 Å². The summed E-state index contributed by atoms with van der Waals surface area (Å²) in [6.07, 6.45) is 2.16. The van der Waals surface area contributed by atoms with Crippen molar-refractivity contribution in [3.8, 4) is 0 Å². The van der Waals surface area contributed by atoms with E-state index < -0.39 is 10.9 Å². The lowest BCUT2D eigenvalue weighted by atomic mass is 10.1. The number of aromatic carboxylic acids is 1. The van der Waals surface area contributed by atoms with Crippen LogP contribution in [0.4, 0.5) is 11.4 Å². The fraction of sp³-hybridized carbons (Fsp3) is 0.462. The molecule has 1 fully saturated rings. The van der Waals surface area contributed by atoms with Gasteiger partial charge in [-0.1, -0.05) is 0 Å². The number of rotatable bonds is 5. The minimum absolute atomic E-state index is 0.0521. The third kappa shape index (κ3) is 3.05. The van der Waals surface area contributed by atoms with Gasteiger partial charge in [0.1, 0.15) is 0 Å². The quantitative estimate of drug-likeness (QED) is 0.630. The average molecular weight is 279 g/mol. The highest BCUT2D eigenvalue weighted by Crippen LogP contribution is 2.24. The van der Waals surface area contributed by atoms with E-state index in [0.717, 1.165) is 19.4 Å². The molecule has 0 radical (unpaired) electrons. The number of nitro groups is 1. The Balaban J connectivity index is 2.17. The molecule has 0 aromatic heterocycles. The van der Waals surface area contributed by atoms with Crippen LogP contribution in [0.2, 0.25) is 0 Å². The lowest BCUT2D eigenvalue weighted by molar-refractivity contribution is -0.384. The summed E-state index contributed by atoms with van der Waals surface area (Å²) in [4.78, 5) is 23.6. The highest BCUT2D eigenvalue weighted by atomic mass is 16.6. The average Bonchev–Trinajstić information content (AvgIpc) is 2.81. The summed E-state index contributed by atoms with van der Waals surface area (Å²) in [6, 6.07) is 4.08. The molecule has 1 heterocycles. The SMILES string of the molecule is CN1CCCC1CNc1cc([N+](=O)[O-])ccc1C(=O)O. The van der Waals surface area contributed by atoms with Crippen LogP contribution >= 0.6 is 0 Å². The Morgan fingerprint density at radius 1 is 1.60 bits per heavy atom. The number of carboxylic acid groups (broad SMARTS) is 1. The predicted octanol–water partition coefficient (Wildman–Crippen LogP) is 1.80. The van der Waals surface area contributed by atoms with E-state index in [9.17, 15) is 14.9 Å². The molecule has 7 heteroatoms. The normalized spacial score (nSPS) is 18.9. The predicted molar refractivity (Wildman–Crippen MR) is 74.2 cm³/mol. The molecule has 0 bridgehead atoms. The van der Waals surface area contributed by atoms with E-state index in [2.05, 4.69) is 10.2 Å². The van der Waals surface area contributed by atoms with Gasteiger partial charge < -0.3 is 15.3 Å². The number of non-ortho nitro benzene ring substituents is 1. The van der Waals surface area contributed by atoms with E-state index in [-0.39, 0.29) is 11.3 Å². The van der Waals surface area contributed by atoms with E-state index in [1.165, 1.54) is 18.2 Å². The van der Waals surface area contributed by atoms with Gasteiger partial charge in [0.25, 0.3) is 5.69 Å². The standard InChI is InChI=1S/C13H17N3O4/c1-15-6-2-3-10(15)8-14-12-7-9(16(19)20)4-5-11(12)13(17)18/h4-5,7,10,14H,2-3,6,8H2,1H3,(H,17,18). The number of benzene rings is 1. The number of hydrogen-bond acceptors (Lipinski definition) is 5. The molecule has 2 N–H and O–H groups in total. The van der Waals surface area contributed by atoms with Crippen LogP contribution in [0.3, 0.4) is 0 Å². The molecule has 1 unspecified atom stereocenters. The first-order valence-electron chi connectivity index (χ1n) is 6.45. The van der Waals surface area contributed by atoms with Crippen LogP contribution in [0.25, 0.3) is 0 Å². The number of likely N-dealkylation sites (tertiary alicyclic amines) is 1. The van der Waals surface area contributed by atoms with Gasteiger partial charge in [0, 0.05) is 24.7 Å². The van der Waals surface area contributed by atoms with Gasteiger partial charge in [-0.2, -0.15) is 0 Å². The number of hydrogen-bond donors (Lipinski definition) is 2. The first kappa shape index (κ1) is 14.3. The second kappa shape index (κ2) is 5.87. The maximum Gasteiger partial charge on any atom is 0.337 e. The summed E-state index contributed by atoms with van der Waals surface area (Å²) in [6.45, 7) is 1.60. The number of likely N-dealkylation sites (N-methyl/N-ethyl adjacent to an activating group) is 1. The third-order valence-corrected chi connectivity index (χ3v) is 3.64. The van der Waals surface area contributed by atoms with Crippen molar-refractivity contribution in [1.82, 2.24) is 4.90 Å². The van der Waals surface area contributed by atoms with Gasteiger partial charge in [0.15, 0.2) is 0 Å². The summed E-state index contributed by atoms with van der Waals surface area (Å²) in [7, 11) is 2.02. The summed E-state index contributed by atoms with van der Waals surface area (Å²) in [5.41, 5.74) is 0.237. The Hall–Kier alpha value is -2.15. The lowest BCUT2D eigenvalue weighted by Crippen LogP contribution is -2.31. The molecule has 0 spiro atoms. The van der Waals surface area contributed by atoms with Gasteiger partial charge in [-0.05, 0) is 32.5 Å². The Morgan fingerprint density at radius 2 is 2.35 bits per heavy atom. The summed E-state index contributed by atoms with van der Waals surface area (Å²) in [5, 5.41) is 22.9. The molecule has 1 aromatic carbocycles. The fourth-order valence-electron chi connectivity index (χ4n) is 2.44. The molecule has 0 aliphatic carbocycles. The van der Waals surface area contributed by atoms with Crippen molar-refractivity contribution >= 4 is 17.3 Å². The van der Waals surface area contributed by atoms with Crippen LogP contribution in [0.5, 0.6) is 0 Å². The number of nitro benzene ring substituents is 1. The molecule has 1 atom stereocenters. The minimum atomic E-state index is -1.10. The fourth-order valence-corrected chi connectivity index (χ4v) is 2.44. The zero-order chi connectivity index (χ0) is 14.7. The van der Waals surface area contributed by atoms with E-state index in [0.29, 0.717) is 18.3 Å². The van der Waals surface area contributed by atoms with Crippen molar-refractivity contribution in [2.24, 2.45) is 0 Å². The Labute approximate surface area is 116 Å². The Morgan fingerprint density at radius 3 is 2.90 bits per heavy atom. The minimum Gasteiger partial charge on any atom is -0.478 e. The topological polar surface area (TPSA) is 95.7 Å². The van der Waals surface area contributed by atoms with Crippen LogP contribution < -0.4 is 5.32 Å². The summed E-state index contributed by atoms with van der Waals surface area (Å²) < 4.78 is 0. The number of nitrogens with zero attached hydrogens (tertiary/aromatic N) is 2. The molecular weight excluding hydrogens is 262 g/mol. The molecule has 2 rings (SSSR count). The van der Waals surface area contributed by atoms with Crippen molar-refractivity contribution in [2.75, 3.05) is 25.5 Å². The van der Waals surface area contributed by atoms with Gasteiger partial charge in [-0.3, -0.25) is 10.1 Å². The summed E-state index contributed by atoms with van der Waals surface area (Å²) >= 11 is 0. The molecule has 20 heavy (non-hydrogen) atoms. The molecule has 0 saturated carbocycles. The van der Waals surface area contributed by atoms with E-state index in [4.69, 9.17) is 5.11 Å². The molecule has 1 aliphatic heterocycles. The number of carboxylic acids is 1. The molecule has 1 saturated heterocycles. The van der Waals surface area contributed by atoms with Gasteiger partial charge in [0.05, 0.1) is 16.2 Å². The molecule has 108 valence electrons. The van der Waals surface area contributed by atoms with Crippen molar-refractivity contribution in [2.45, 2.75) is 18.9 Å². The van der Waals surface area contributed by atoms with Gasteiger partial charge in [-0.15, -0.1) is 0 Å². The van der Waals surface area contributed by atoms with Gasteiger partial charge in [-0.25, -0.2) is 4.79 Å². The molecule has 1 aromatic rings. The van der Waals surface area contributed by atoms with Crippen molar-refractivity contribution in [3.63, 3.8) is 0 Å². The second-order valence-electron chi connectivity index (χ2n) is 4.95. The first-order valence-corrected chi connectivity index (χ1v) is 6.45. The van der Waals surface area contributed by atoms with Gasteiger partial charge in [0.2, 0.25) is 0 Å². The number of carbonyl (C=O) groups is 1. The van der Waals surface area contributed by atoms with Gasteiger partial charge >= 0.3 is 5.97 Å². The number of nitrogens with one attached hydrogen (secondary N) is 1. The third-order valence-electron chi connectivity index (χ3n) is 3.64. The van der Waals surface area contributed by atoms with Crippen LogP contribution in [0.1, 0.15) is 23.2 Å².